The number of aromatic amines is 1. The van der Waals surface area contributed by atoms with E-state index in [1.807, 2.05) is 30.3 Å². The van der Waals surface area contributed by atoms with Crippen LogP contribution < -0.4 is 20.5 Å². The lowest BCUT2D eigenvalue weighted by atomic mass is 9.96. The Morgan fingerprint density at radius 3 is 2.66 bits per heavy atom. The van der Waals surface area contributed by atoms with Crippen molar-refractivity contribution >= 4 is 22.8 Å². The maximum Gasteiger partial charge on any atom is 0.335 e. The smallest absolute Gasteiger partial charge is 0.335 e. The number of aliphatic hydroxyl groups excluding tert-OH is 1. The molecule has 0 saturated carbocycles. The molecule has 0 bridgehead atoms. The zero-order valence-corrected chi connectivity index (χ0v) is 20.6. The van der Waals surface area contributed by atoms with Gasteiger partial charge in [0.25, 0.3) is 5.91 Å². The number of rotatable bonds is 10. The largest absolute Gasteiger partial charge is 0.490 e. The van der Waals surface area contributed by atoms with Gasteiger partial charge in [0.1, 0.15) is 36.0 Å². The van der Waals surface area contributed by atoms with E-state index < -0.39 is 18.0 Å². The molecule has 0 radical (unpaired) electrons. The van der Waals surface area contributed by atoms with Crippen LogP contribution in [0.2, 0.25) is 0 Å². The lowest BCUT2D eigenvalue weighted by Crippen LogP contribution is -2.39. The predicted molar refractivity (Wildman–Crippen MR) is 143 cm³/mol. The fraction of sp³-hybridized carbons (Fsp3) is 0.241. The number of carboxylic acid groups (broad SMARTS) is 1. The Balaban J connectivity index is 1.10. The fourth-order valence-electron chi connectivity index (χ4n) is 4.62. The first-order valence-electron chi connectivity index (χ1n) is 12.4. The van der Waals surface area contributed by atoms with E-state index >= 15 is 0 Å². The van der Waals surface area contributed by atoms with Gasteiger partial charge in [0.2, 0.25) is 0 Å². The van der Waals surface area contributed by atoms with Crippen molar-refractivity contribution in [1.29, 1.82) is 0 Å². The average Bonchev–Trinajstić information content (AvgIpc) is 3.37. The second-order valence-electron chi connectivity index (χ2n) is 9.37. The highest BCUT2D eigenvalue weighted by molar-refractivity contribution is 5.98. The van der Waals surface area contributed by atoms with Gasteiger partial charge in [-0.05, 0) is 72.0 Å². The van der Waals surface area contributed by atoms with Crippen molar-refractivity contribution in [1.82, 2.24) is 10.3 Å². The molecule has 0 spiro atoms. The number of aromatic carboxylic acids is 1. The van der Waals surface area contributed by atoms with Crippen LogP contribution in [-0.2, 0) is 6.42 Å². The molecule has 1 aliphatic rings. The van der Waals surface area contributed by atoms with Crippen molar-refractivity contribution in [3.8, 4) is 22.6 Å². The number of primary amides is 1. The van der Waals surface area contributed by atoms with E-state index in [1.54, 1.807) is 30.3 Å². The summed E-state index contributed by atoms with van der Waals surface area (Å²) in [4.78, 5) is 25.5. The van der Waals surface area contributed by atoms with Crippen LogP contribution in [0.5, 0.6) is 11.5 Å². The van der Waals surface area contributed by atoms with Gasteiger partial charge in [-0.25, -0.2) is 4.79 Å². The van der Waals surface area contributed by atoms with E-state index in [-0.39, 0.29) is 18.3 Å². The molecule has 38 heavy (non-hydrogen) atoms. The van der Waals surface area contributed by atoms with E-state index in [4.69, 9.17) is 20.3 Å². The summed E-state index contributed by atoms with van der Waals surface area (Å²) in [7, 11) is 0. The van der Waals surface area contributed by atoms with Crippen LogP contribution in [-0.4, -0.2) is 59.0 Å². The quantitative estimate of drug-likeness (QED) is 0.218. The number of H-pyrrole nitrogens is 1. The Morgan fingerprint density at radius 2 is 1.89 bits per heavy atom. The van der Waals surface area contributed by atoms with E-state index in [9.17, 15) is 14.7 Å². The predicted octanol–water partition coefficient (Wildman–Crippen LogP) is 3.36. The Bertz CT molecular complexity index is 1460. The minimum absolute atomic E-state index is 0.0165. The minimum Gasteiger partial charge on any atom is -0.490 e. The fourth-order valence-corrected chi connectivity index (χ4v) is 4.62. The monoisotopic (exact) mass is 515 g/mol. The van der Waals surface area contributed by atoms with Crippen molar-refractivity contribution in [3.05, 3.63) is 83.6 Å². The van der Waals surface area contributed by atoms with Crippen LogP contribution in [0.25, 0.3) is 22.0 Å². The van der Waals surface area contributed by atoms with Crippen LogP contribution in [0, 0.1) is 0 Å². The Hall–Kier alpha value is -4.34. The second-order valence-corrected chi connectivity index (χ2v) is 9.37. The molecule has 2 unspecified atom stereocenters. The molecule has 1 amide bonds. The lowest BCUT2D eigenvalue weighted by molar-refractivity contribution is 0.0696. The molecule has 2 atom stereocenters. The maximum absolute atomic E-state index is 11.4. The number of nitrogens with two attached hydrogens (primary N) is 1. The van der Waals surface area contributed by atoms with Crippen molar-refractivity contribution in [2.45, 2.75) is 25.0 Å². The van der Waals surface area contributed by atoms with Gasteiger partial charge in [-0.1, -0.05) is 24.3 Å². The Morgan fingerprint density at radius 1 is 1.11 bits per heavy atom. The number of nitrogens with one attached hydrogen (secondary N) is 2. The number of aryl methyl sites for hydroxylation is 1. The molecular weight excluding hydrogens is 486 g/mol. The van der Waals surface area contributed by atoms with Gasteiger partial charge in [-0.3, -0.25) is 4.79 Å². The zero-order valence-electron chi connectivity index (χ0n) is 20.6. The van der Waals surface area contributed by atoms with Gasteiger partial charge in [-0.15, -0.1) is 0 Å². The molecule has 2 heterocycles. The van der Waals surface area contributed by atoms with Crippen LogP contribution in [0.15, 0.2) is 66.7 Å². The molecule has 0 fully saturated rings. The number of hydrogen-bond donors (Lipinski definition) is 5. The van der Waals surface area contributed by atoms with Gasteiger partial charge < -0.3 is 35.7 Å². The number of fused-ring (bicyclic) bond motifs is 2. The van der Waals surface area contributed by atoms with E-state index in [1.165, 1.54) is 0 Å². The number of ether oxygens (including phenoxy) is 2. The molecule has 4 aromatic rings. The molecule has 3 aromatic carbocycles. The van der Waals surface area contributed by atoms with Gasteiger partial charge in [0.05, 0.1) is 5.56 Å². The van der Waals surface area contributed by atoms with Gasteiger partial charge >= 0.3 is 5.97 Å². The summed E-state index contributed by atoms with van der Waals surface area (Å²) in [6, 6.07) is 19.9. The van der Waals surface area contributed by atoms with E-state index in [2.05, 4.69) is 16.4 Å². The molecule has 9 heteroatoms. The SMILES string of the molecule is NC(=O)c1cc2c(OCC(O)CNCC3CCc4cc(-c5ccc(C(=O)O)cc5)ccc4O3)cccc2[nH]1. The molecule has 1 aromatic heterocycles. The third-order valence-electron chi connectivity index (χ3n) is 6.63. The molecule has 0 aliphatic carbocycles. The third kappa shape index (κ3) is 5.64. The number of aliphatic hydroxyl groups is 1. The standard InChI is InChI=1S/C29H29N3O6/c30-28(34)25-13-23-24(32-25)2-1-3-27(23)37-16-21(33)14-31-15-22-10-8-20-12-19(9-11-26(20)38-22)17-4-6-18(7-5-17)29(35)36/h1-7,9,11-13,21-22,31-33H,8,10,14-16H2,(H2,30,34)(H,35,36). The molecule has 0 saturated heterocycles. The number of carbonyl (C=O) groups excluding carboxylic acids is 1. The highest BCUT2D eigenvalue weighted by atomic mass is 16.5. The summed E-state index contributed by atoms with van der Waals surface area (Å²) in [5.41, 5.74) is 9.75. The summed E-state index contributed by atoms with van der Waals surface area (Å²) < 4.78 is 12.0. The second kappa shape index (κ2) is 11.0. The normalized spacial score (nSPS) is 15.4. The highest BCUT2D eigenvalue weighted by Crippen LogP contribution is 2.32. The molecule has 6 N–H and O–H groups in total. The van der Waals surface area contributed by atoms with Gasteiger partial charge in [0.15, 0.2) is 0 Å². The number of amides is 1. The van der Waals surface area contributed by atoms with Gasteiger partial charge in [0, 0.05) is 24.0 Å². The van der Waals surface area contributed by atoms with E-state index in [0.717, 1.165) is 46.2 Å². The van der Waals surface area contributed by atoms with E-state index in [0.29, 0.717) is 24.5 Å². The minimum atomic E-state index is -0.940. The molecule has 5 rings (SSSR count). The Labute approximate surface area is 219 Å². The molecule has 196 valence electrons. The summed E-state index contributed by atoms with van der Waals surface area (Å²) in [6.07, 6.45) is 0.955. The number of benzene rings is 3. The maximum atomic E-state index is 11.4. The number of hydrogen-bond acceptors (Lipinski definition) is 6. The number of carbonyl (C=O) groups is 2. The summed E-state index contributed by atoms with van der Waals surface area (Å²) >= 11 is 0. The van der Waals surface area contributed by atoms with Crippen LogP contribution in [0.4, 0.5) is 0 Å². The summed E-state index contributed by atoms with van der Waals surface area (Å²) in [5, 5.41) is 23.5. The first kappa shape index (κ1) is 25.3. The van der Waals surface area contributed by atoms with Crippen LogP contribution in [0.1, 0.15) is 32.8 Å². The first-order valence-corrected chi connectivity index (χ1v) is 12.4. The van der Waals surface area contributed by atoms with Crippen molar-refractivity contribution in [3.63, 3.8) is 0 Å². The van der Waals surface area contributed by atoms with Crippen molar-refractivity contribution in [2.75, 3.05) is 19.7 Å². The van der Waals surface area contributed by atoms with Crippen molar-refractivity contribution in [2.24, 2.45) is 5.73 Å². The van der Waals surface area contributed by atoms with Crippen LogP contribution in [0.3, 0.4) is 0 Å². The summed E-state index contributed by atoms with van der Waals surface area (Å²) in [5.74, 6) is -0.0799. The molecule has 1 aliphatic heterocycles. The van der Waals surface area contributed by atoms with Crippen molar-refractivity contribution < 1.29 is 29.3 Å². The molecular formula is C29H29N3O6. The first-order chi connectivity index (χ1) is 18.4. The highest BCUT2D eigenvalue weighted by Gasteiger charge is 2.21. The Kier molecular flexibility index (Phi) is 7.30. The zero-order chi connectivity index (χ0) is 26.6. The lowest BCUT2D eigenvalue weighted by Gasteiger charge is -2.27. The van der Waals surface area contributed by atoms with Gasteiger partial charge in [-0.2, -0.15) is 0 Å². The number of carboxylic acids is 1. The summed E-state index contributed by atoms with van der Waals surface area (Å²) in [6.45, 7) is 1.02. The number of aromatic nitrogens is 1. The molecule has 9 nitrogen and oxygen atoms in total. The third-order valence-corrected chi connectivity index (χ3v) is 6.63. The average molecular weight is 516 g/mol. The topological polar surface area (TPSA) is 147 Å². The van der Waals surface area contributed by atoms with Crippen LogP contribution >= 0.6 is 0 Å².